The third-order valence-electron chi connectivity index (χ3n) is 3.90. The van der Waals surface area contributed by atoms with Gasteiger partial charge in [0.2, 0.25) is 15.9 Å². The van der Waals surface area contributed by atoms with E-state index in [2.05, 4.69) is 0 Å². The molecule has 1 saturated carbocycles. The van der Waals surface area contributed by atoms with Crippen LogP contribution in [0.4, 0.5) is 0 Å². The second kappa shape index (κ2) is 5.75. The number of sulfonamides is 1. The van der Waals surface area contributed by atoms with Crippen molar-refractivity contribution in [3.63, 3.8) is 0 Å². The van der Waals surface area contributed by atoms with Crippen LogP contribution in [0.15, 0.2) is 29.2 Å². The van der Waals surface area contributed by atoms with E-state index in [0.717, 1.165) is 17.1 Å². The van der Waals surface area contributed by atoms with E-state index in [-0.39, 0.29) is 17.0 Å². The Kier molecular flexibility index (Phi) is 4.36. The van der Waals surface area contributed by atoms with E-state index in [4.69, 9.17) is 5.73 Å². The quantitative estimate of drug-likeness (QED) is 0.836. The molecule has 1 aromatic rings. The van der Waals surface area contributed by atoms with Gasteiger partial charge in [0.1, 0.15) is 0 Å². The number of rotatable bonds is 5. The number of carbonyl (C=O) groups excluding carboxylic acids is 1. The summed E-state index contributed by atoms with van der Waals surface area (Å²) in [5, 5.41) is 10.3. The lowest BCUT2D eigenvalue weighted by Gasteiger charge is -2.28. The highest BCUT2D eigenvalue weighted by Crippen LogP contribution is 2.31. The molecule has 2 rings (SSSR count). The van der Waals surface area contributed by atoms with Gasteiger partial charge in [-0.3, -0.25) is 4.79 Å². The van der Waals surface area contributed by atoms with Gasteiger partial charge in [0.05, 0.1) is 10.5 Å². The predicted molar refractivity (Wildman–Crippen MR) is 78.2 cm³/mol. The first-order chi connectivity index (χ1) is 9.74. The average Bonchev–Trinajstić information content (AvgIpc) is 2.85. The molecular weight excluding hydrogens is 292 g/mol. The number of amides is 1. The van der Waals surface area contributed by atoms with Crippen molar-refractivity contribution < 1.29 is 18.3 Å². The van der Waals surface area contributed by atoms with Crippen molar-refractivity contribution in [1.82, 2.24) is 4.31 Å². The first-order valence-corrected chi connectivity index (χ1v) is 8.27. The van der Waals surface area contributed by atoms with Crippen LogP contribution in [0.2, 0.25) is 0 Å². The molecule has 1 aliphatic carbocycles. The highest BCUT2D eigenvalue weighted by molar-refractivity contribution is 7.89. The second-order valence-electron chi connectivity index (χ2n) is 5.58. The SMILES string of the molecule is CN(CC1(O)CCCC1)S(=O)(=O)c1ccc(C(N)=O)cc1. The minimum atomic E-state index is -3.69. The minimum Gasteiger partial charge on any atom is -0.389 e. The van der Waals surface area contributed by atoms with Crippen molar-refractivity contribution in [3.05, 3.63) is 29.8 Å². The molecule has 21 heavy (non-hydrogen) atoms. The highest BCUT2D eigenvalue weighted by Gasteiger charge is 2.35. The summed E-state index contributed by atoms with van der Waals surface area (Å²) in [6.07, 6.45) is 3.07. The number of nitrogens with two attached hydrogens (primary N) is 1. The Labute approximate surface area is 124 Å². The molecule has 7 heteroatoms. The number of benzene rings is 1. The number of likely N-dealkylation sites (N-methyl/N-ethyl adjacent to an activating group) is 1. The Bertz CT molecular complexity index is 619. The molecule has 0 atom stereocenters. The lowest BCUT2D eigenvalue weighted by Crippen LogP contribution is -2.41. The van der Waals surface area contributed by atoms with Crippen molar-refractivity contribution in [2.24, 2.45) is 5.73 Å². The van der Waals surface area contributed by atoms with Crippen LogP contribution in [0.3, 0.4) is 0 Å². The molecule has 0 radical (unpaired) electrons. The normalized spacial score (nSPS) is 18.0. The fourth-order valence-electron chi connectivity index (χ4n) is 2.66. The molecule has 6 nitrogen and oxygen atoms in total. The number of hydrogen-bond donors (Lipinski definition) is 2. The van der Waals surface area contributed by atoms with Gasteiger partial charge in [0.25, 0.3) is 0 Å². The molecule has 1 fully saturated rings. The van der Waals surface area contributed by atoms with Crippen molar-refractivity contribution in [3.8, 4) is 0 Å². The maximum Gasteiger partial charge on any atom is 0.248 e. The van der Waals surface area contributed by atoms with Gasteiger partial charge in [0, 0.05) is 19.2 Å². The molecule has 1 aliphatic rings. The monoisotopic (exact) mass is 312 g/mol. The Morgan fingerprint density at radius 2 is 1.81 bits per heavy atom. The molecule has 0 saturated heterocycles. The molecule has 0 bridgehead atoms. The first-order valence-electron chi connectivity index (χ1n) is 6.83. The summed E-state index contributed by atoms with van der Waals surface area (Å²) in [4.78, 5) is 11.1. The topological polar surface area (TPSA) is 101 Å². The lowest BCUT2D eigenvalue weighted by atomic mass is 10.0. The van der Waals surface area contributed by atoms with Crippen LogP contribution in [-0.2, 0) is 10.0 Å². The zero-order chi connectivity index (χ0) is 15.7. The highest BCUT2D eigenvalue weighted by atomic mass is 32.2. The summed E-state index contributed by atoms with van der Waals surface area (Å²) in [7, 11) is -2.23. The van der Waals surface area contributed by atoms with E-state index in [0.29, 0.717) is 12.8 Å². The fraction of sp³-hybridized carbons (Fsp3) is 0.500. The Morgan fingerprint density at radius 3 is 2.29 bits per heavy atom. The van der Waals surface area contributed by atoms with Crippen molar-refractivity contribution >= 4 is 15.9 Å². The molecule has 0 heterocycles. The standard InChI is InChI=1S/C14H20N2O4S/c1-16(10-14(18)8-2-3-9-14)21(19,20)12-6-4-11(5-7-12)13(15)17/h4-7,18H,2-3,8-10H2,1H3,(H2,15,17). The summed E-state index contributed by atoms with van der Waals surface area (Å²) in [6, 6.07) is 5.47. The van der Waals surface area contributed by atoms with Gasteiger partial charge in [0.15, 0.2) is 0 Å². The number of nitrogens with zero attached hydrogens (tertiary/aromatic N) is 1. The van der Waals surface area contributed by atoms with Crippen LogP contribution in [0.25, 0.3) is 0 Å². The van der Waals surface area contributed by atoms with E-state index >= 15 is 0 Å². The van der Waals surface area contributed by atoms with Crippen molar-refractivity contribution in [2.45, 2.75) is 36.2 Å². The summed E-state index contributed by atoms with van der Waals surface area (Å²) >= 11 is 0. The van der Waals surface area contributed by atoms with E-state index < -0.39 is 21.5 Å². The van der Waals surface area contributed by atoms with E-state index in [9.17, 15) is 18.3 Å². The minimum absolute atomic E-state index is 0.0763. The Hall–Kier alpha value is -1.44. The molecule has 0 spiro atoms. The van der Waals surface area contributed by atoms with Gasteiger partial charge in [-0.2, -0.15) is 4.31 Å². The molecule has 116 valence electrons. The average molecular weight is 312 g/mol. The first kappa shape index (κ1) is 15.9. The molecule has 1 amide bonds. The van der Waals surface area contributed by atoms with Crippen molar-refractivity contribution in [2.75, 3.05) is 13.6 Å². The third kappa shape index (κ3) is 3.42. The summed E-state index contributed by atoms with van der Waals surface area (Å²) in [6.45, 7) is 0.0763. The lowest BCUT2D eigenvalue weighted by molar-refractivity contribution is 0.0333. The largest absolute Gasteiger partial charge is 0.389 e. The number of hydrogen-bond acceptors (Lipinski definition) is 4. The summed E-state index contributed by atoms with van der Waals surface area (Å²) in [5.74, 6) is -0.604. The van der Waals surface area contributed by atoms with Crippen LogP contribution < -0.4 is 5.73 Å². The van der Waals surface area contributed by atoms with Gasteiger partial charge in [-0.1, -0.05) is 12.8 Å². The third-order valence-corrected chi connectivity index (χ3v) is 5.72. The van der Waals surface area contributed by atoms with Crippen LogP contribution in [-0.4, -0.2) is 42.9 Å². The van der Waals surface area contributed by atoms with Gasteiger partial charge < -0.3 is 10.8 Å². The molecule has 0 aliphatic heterocycles. The van der Waals surface area contributed by atoms with Gasteiger partial charge in [-0.25, -0.2) is 8.42 Å². The van der Waals surface area contributed by atoms with E-state index in [1.54, 1.807) is 0 Å². The van der Waals surface area contributed by atoms with Gasteiger partial charge in [-0.05, 0) is 37.1 Å². The number of aliphatic hydroxyl groups is 1. The van der Waals surface area contributed by atoms with Gasteiger partial charge >= 0.3 is 0 Å². The maximum absolute atomic E-state index is 12.4. The Balaban J connectivity index is 2.18. The summed E-state index contributed by atoms with van der Waals surface area (Å²) < 4.78 is 26.0. The fourth-order valence-corrected chi connectivity index (χ4v) is 3.91. The van der Waals surface area contributed by atoms with Crippen LogP contribution in [0.5, 0.6) is 0 Å². The summed E-state index contributed by atoms with van der Waals surface area (Å²) in [5.41, 5.74) is 4.45. The van der Waals surface area contributed by atoms with E-state index in [1.807, 2.05) is 0 Å². The predicted octanol–water partition coefficient (Wildman–Crippen LogP) is 0.711. The van der Waals surface area contributed by atoms with Crippen LogP contribution >= 0.6 is 0 Å². The maximum atomic E-state index is 12.4. The van der Waals surface area contributed by atoms with Crippen LogP contribution in [0, 0.1) is 0 Å². The molecule has 0 unspecified atom stereocenters. The zero-order valence-corrected chi connectivity index (χ0v) is 12.8. The zero-order valence-electron chi connectivity index (χ0n) is 11.9. The van der Waals surface area contributed by atoms with Crippen LogP contribution in [0.1, 0.15) is 36.0 Å². The molecular formula is C14H20N2O4S. The van der Waals surface area contributed by atoms with Gasteiger partial charge in [-0.15, -0.1) is 0 Å². The number of carbonyl (C=O) groups is 1. The van der Waals surface area contributed by atoms with E-state index in [1.165, 1.54) is 31.3 Å². The number of primary amides is 1. The molecule has 0 aromatic heterocycles. The van der Waals surface area contributed by atoms with Crippen molar-refractivity contribution in [1.29, 1.82) is 0 Å². The Morgan fingerprint density at radius 1 is 1.29 bits per heavy atom. The molecule has 3 N–H and O–H groups in total. The smallest absolute Gasteiger partial charge is 0.248 e. The second-order valence-corrected chi connectivity index (χ2v) is 7.63. The molecule has 1 aromatic carbocycles.